The molecule has 0 aromatic heterocycles. The van der Waals surface area contributed by atoms with E-state index in [9.17, 15) is 4.79 Å². The number of rotatable bonds is 5. The second-order valence-electron chi connectivity index (χ2n) is 3.80. The van der Waals surface area contributed by atoms with Crippen LogP contribution < -0.4 is 11.1 Å². The topological polar surface area (TPSA) is 75.3 Å². The van der Waals surface area contributed by atoms with Gasteiger partial charge in [-0.3, -0.25) is 4.79 Å². The lowest BCUT2D eigenvalue weighted by atomic mass is 10.2. The molecule has 1 rings (SSSR count). The summed E-state index contributed by atoms with van der Waals surface area (Å²) in [5, 5.41) is 11.3. The molecule has 1 atom stereocenters. The van der Waals surface area contributed by atoms with E-state index in [4.69, 9.17) is 10.8 Å². The Labute approximate surface area is 106 Å². The van der Waals surface area contributed by atoms with Gasteiger partial charge in [-0.2, -0.15) is 0 Å². The molecule has 1 unspecified atom stereocenters. The van der Waals surface area contributed by atoms with Gasteiger partial charge in [0, 0.05) is 17.1 Å². The van der Waals surface area contributed by atoms with E-state index < -0.39 is 0 Å². The largest absolute Gasteiger partial charge is 0.399 e. The van der Waals surface area contributed by atoms with E-state index in [0.29, 0.717) is 11.4 Å². The van der Waals surface area contributed by atoms with Crippen molar-refractivity contribution in [3.05, 3.63) is 23.8 Å². The first-order chi connectivity index (χ1) is 8.04. The van der Waals surface area contributed by atoms with E-state index >= 15 is 0 Å². The average molecular weight is 254 g/mol. The Morgan fingerprint density at radius 2 is 2.29 bits per heavy atom. The number of thioether (sulfide) groups is 1. The molecule has 4 nitrogen and oxygen atoms in total. The van der Waals surface area contributed by atoms with Crippen LogP contribution in [0.4, 0.5) is 11.4 Å². The number of hydrogen-bond acceptors (Lipinski definition) is 4. The fraction of sp³-hybridized carbons (Fsp3) is 0.417. The van der Waals surface area contributed by atoms with Crippen LogP contribution >= 0.6 is 11.8 Å². The zero-order chi connectivity index (χ0) is 12.8. The Balaban J connectivity index is 2.64. The number of aryl methyl sites for hydroxylation is 1. The van der Waals surface area contributed by atoms with Gasteiger partial charge in [0.05, 0.1) is 11.9 Å². The molecular weight excluding hydrogens is 236 g/mol. The monoisotopic (exact) mass is 254 g/mol. The van der Waals surface area contributed by atoms with E-state index in [2.05, 4.69) is 5.32 Å². The first-order valence-electron chi connectivity index (χ1n) is 5.44. The second-order valence-corrected chi connectivity index (χ2v) is 5.25. The van der Waals surface area contributed by atoms with Crippen LogP contribution in [-0.4, -0.2) is 28.6 Å². The molecule has 94 valence electrons. The SMILES string of the molecule is Cc1ccc(N)cc1NC(=O)C(C)SCCO. The maximum Gasteiger partial charge on any atom is 0.237 e. The van der Waals surface area contributed by atoms with Crippen LogP contribution in [-0.2, 0) is 4.79 Å². The lowest BCUT2D eigenvalue weighted by molar-refractivity contribution is -0.115. The van der Waals surface area contributed by atoms with Crippen LogP contribution in [0.3, 0.4) is 0 Å². The Kier molecular flexibility index (Phi) is 5.31. The number of carbonyl (C=O) groups is 1. The van der Waals surface area contributed by atoms with Gasteiger partial charge in [-0.05, 0) is 31.5 Å². The standard InChI is InChI=1S/C12H18N2O2S/c1-8-3-4-10(13)7-11(8)14-12(16)9(2)17-6-5-15/h3-4,7,9,15H,5-6,13H2,1-2H3,(H,14,16). The van der Waals surface area contributed by atoms with Crippen LogP contribution in [0.5, 0.6) is 0 Å². The molecule has 0 fully saturated rings. The van der Waals surface area contributed by atoms with E-state index in [1.54, 1.807) is 12.1 Å². The van der Waals surface area contributed by atoms with Gasteiger partial charge in [-0.25, -0.2) is 0 Å². The molecule has 0 aliphatic carbocycles. The maximum atomic E-state index is 11.8. The fourth-order valence-electron chi connectivity index (χ4n) is 1.31. The first-order valence-corrected chi connectivity index (χ1v) is 6.49. The highest BCUT2D eigenvalue weighted by atomic mass is 32.2. The summed E-state index contributed by atoms with van der Waals surface area (Å²) < 4.78 is 0. The zero-order valence-electron chi connectivity index (χ0n) is 10.1. The smallest absolute Gasteiger partial charge is 0.237 e. The van der Waals surface area contributed by atoms with E-state index in [0.717, 1.165) is 11.3 Å². The van der Waals surface area contributed by atoms with Gasteiger partial charge in [0.2, 0.25) is 5.91 Å². The molecule has 1 amide bonds. The molecule has 1 aromatic rings. The minimum Gasteiger partial charge on any atom is -0.399 e. The summed E-state index contributed by atoms with van der Waals surface area (Å²) in [6.07, 6.45) is 0. The predicted octanol–water partition coefficient (Wildman–Crippen LogP) is 1.63. The lowest BCUT2D eigenvalue weighted by Crippen LogP contribution is -2.23. The quantitative estimate of drug-likeness (QED) is 0.698. The molecule has 0 aliphatic heterocycles. The van der Waals surface area contributed by atoms with Gasteiger partial charge in [-0.1, -0.05) is 6.07 Å². The number of anilines is 2. The van der Waals surface area contributed by atoms with Crippen LogP contribution in [0.15, 0.2) is 18.2 Å². The first kappa shape index (κ1) is 13.9. The normalized spacial score (nSPS) is 12.2. The molecule has 0 radical (unpaired) electrons. The number of aliphatic hydroxyl groups excluding tert-OH is 1. The number of amides is 1. The molecule has 0 heterocycles. The Morgan fingerprint density at radius 1 is 1.59 bits per heavy atom. The Hall–Kier alpha value is -1.20. The van der Waals surface area contributed by atoms with Crippen LogP contribution in [0.2, 0.25) is 0 Å². The Bertz CT molecular complexity index is 396. The summed E-state index contributed by atoms with van der Waals surface area (Å²) in [5.74, 6) is 0.488. The number of nitrogens with two attached hydrogens (primary N) is 1. The predicted molar refractivity (Wildman–Crippen MR) is 73.2 cm³/mol. The summed E-state index contributed by atoms with van der Waals surface area (Å²) in [6, 6.07) is 5.42. The van der Waals surface area contributed by atoms with Crippen molar-refractivity contribution in [3.63, 3.8) is 0 Å². The number of nitrogens with one attached hydrogen (secondary N) is 1. The van der Waals surface area contributed by atoms with E-state index in [1.165, 1.54) is 11.8 Å². The minimum atomic E-state index is -0.192. The maximum absolute atomic E-state index is 11.8. The molecule has 0 saturated heterocycles. The van der Waals surface area contributed by atoms with Crippen LogP contribution in [0.1, 0.15) is 12.5 Å². The van der Waals surface area contributed by atoms with Crippen molar-refractivity contribution in [1.29, 1.82) is 0 Å². The van der Waals surface area contributed by atoms with Crippen molar-refractivity contribution in [1.82, 2.24) is 0 Å². The van der Waals surface area contributed by atoms with Gasteiger partial charge in [0.15, 0.2) is 0 Å². The van der Waals surface area contributed by atoms with Crippen molar-refractivity contribution in [2.75, 3.05) is 23.4 Å². The number of benzene rings is 1. The molecule has 4 N–H and O–H groups in total. The molecule has 17 heavy (non-hydrogen) atoms. The van der Waals surface area contributed by atoms with Gasteiger partial charge in [0.1, 0.15) is 0 Å². The van der Waals surface area contributed by atoms with Crippen LogP contribution in [0, 0.1) is 6.92 Å². The van der Waals surface area contributed by atoms with E-state index in [1.807, 2.05) is 19.9 Å². The van der Waals surface area contributed by atoms with E-state index in [-0.39, 0.29) is 17.8 Å². The summed E-state index contributed by atoms with van der Waals surface area (Å²) >= 11 is 1.42. The van der Waals surface area contributed by atoms with Crippen molar-refractivity contribution >= 4 is 29.0 Å². The number of carbonyl (C=O) groups excluding carboxylic acids is 1. The third kappa shape index (κ3) is 4.28. The molecule has 1 aromatic carbocycles. The molecule has 0 spiro atoms. The Morgan fingerprint density at radius 3 is 2.94 bits per heavy atom. The third-order valence-electron chi connectivity index (χ3n) is 2.35. The van der Waals surface area contributed by atoms with Crippen LogP contribution in [0.25, 0.3) is 0 Å². The van der Waals surface area contributed by atoms with Gasteiger partial charge < -0.3 is 16.2 Å². The molecule has 0 saturated carbocycles. The molecular formula is C12H18N2O2S. The number of aliphatic hydroxyl groups is 1. The van der Waals surface area contributed by atoms with Gasteiger partial charge in [-0.15, -0.1) is 11.8 Å². The number of nitrogen functional groups attached to an aromatic ring is 1. The zero-order valence-corrected chi connectivity index (χ0v) is 10.9. The summed E-state index contributed by atoms with van der Waals surface area (Å²) in [7, 11) is 0. The van der Waals surface area contributed by atoms with Gasteiger partial charge in [0.25, 0.3) is 0 Å². The highest BCUT2D eigenvalue weighted by molar-refractivity contribution is 8.00. The minimum absolute atomic E-state index is 0.0721. The second kappa shape index (κ2) is 6.51. The molecule has 0 bridgehead atoms. The average Bonchev–Trinajstić information content (AvgIpc) is 2.30. The molecule has 5 heteroatoms. The number of hydrogen-bond donors (Lipinski definition) is 3. The third-order valence-corrected chi connectivity index (χ3v) is 3.48. The highest BCUT2D eigenvalue weighted by Crippen LogP contribution is 2.20. The van der Waals surface area contributed by atoms with Crippen molar-refractivity contribution in [2.45, 2.75) is 19.1 Å². The lowest BCUT2D eigenvalue weighted by Gasteiger charge is -2.13. The van der Waals surface area contributed by atoms with Crippen molar-refractivity contribution in [3.8, 4) is 0 Å². The summed E-state index contributed by atoms with van der Waals surface area (Å²) in [6.45, 7) is 3.82. The highest BCUT2D eigenvalue weighted by Gasteiger charge is 2.13. The van der Waals surface area contributed by atoms with Gasteiger partial charge >= 0.3 is 0 Å². The van der Waals surface area contributed by atoms with Crippen molar-refractivity contribution in [2.24, 2.45) is 0 Å². The summed E-state index contributed by atoms with van der Waals surface area (Å²) in [5.41, 5.74) is 8.02. The summed E-state index contributed by atoms with van der Waals surface area (Å²) in [4.78, 5) is 11.8. The fourth-order valence-corrected chi connectivity index (χ4v) is 1.98. The van der Waals surface area contributed by atoms with Crippen molar-refractivity contribution < 1.29 is 9.90 Å². The molecule has 0 aliphatic rings.